The molecule has 0 aliphatic carbocycles. The summed E-state index contributed by atoms with van der Waals surface area (Å²) >= 11 is 1.58. The number of nitro groups is 1. The SMILES string of the molecule is CCc1sc(Cc2ccc([N+](=O)[O-])cc2)nc1CO. The van der Waals surface area contributed by atoms with Gasteiger partial charge in [0.25, 0.3) is 5.69 Å². The molecule has 100 valence electrons. The van der Waals surface area contributed by atoms with Crippen molar-refractivity contribution in [1.29, 1.82) is 0 Å². The molecule has 19 heavy (non-hydrogen) atoms. The van der Waals surface area contributed by atoms with Crippen LogP contribution < -0.4 is 0 Å². The van der Waals surface area contributed by atoms with Crippen LogP contribution in [0.4, 0.5) is 5.69 Å². The molecule has 0 aliphatic heterocycles. The number of hydrogen-bond donors (Lipinski definition) is 1. The molecular weight excluding hydrogens is 264 g/mol. The van der Waals surface area contributed by atoms with Gasteiger partial charge in [-0.2, -0.15) is 0 Å². The Morgan fingerprint density at radius 3 is 2.53 bits per heavy atom. The largest absolute Gasteiger partial charge is 0.390 e. The van der Waals surface area contributed by atoms with Crippen molar-refractivity contribution < 1.29 is 10.0 Å². The van der Waals surface area contributed by atoms with Crippen molar-refractivity contribution in [3.63, 3.8) is 0 Å². The first-order chi connectivity index (χ1) is 9.13. The van der Waals surface area contributed by atoms with Crippen LogP contribution >= 0.6 is 11.3 Å². The highest BCUT2D eigenvalue weighted by atomic mass is 32.1. The number of aromatic nitrogens is 1. The van der Waals surface area contributed by atoms with Crippen LogP contribution in [0, 0.1) is 10.1 Å². The molecule has 0 unspecified atom stereocenters. The predicted octanol–water partition coefficient (Wildman–Crippen LogP) is 2.70. The van der Waals surface area contributed by atoms with Crippen molar-refractivity contribution in [2.24, 2.45) is 0 Å². The lowest BCUT2D eigenvalue weighted by Crippen LogP contribution is -1.92. The van der Waals surface area contributed by atoms with Crippen LogP contribution in [0.5, 0.6) is 0 Å². The molecule has 1 N–H and O–H groups in total. The van der Waals surface area contributed by atoms with Gasteiger partial charge in [-0.3, -0.25) is 10.1 Å². The Labute approximate surface area is 114 Å². The highest BCUT2D eigenvalue weighted by Crippen LogP contribution is 2.22. The summed E-state index contributed by atoms with van der Waals surface area (Å²) in [6.45, 7) is 1.99. The van der Waals surface area contributed by atoms with Crippen LogP contribution in [-0.4, -0.2) is 15.0 Å². The Morgan fingerprint density at radius 2 is 2.05 bits per heavy atom. The summed E-state index contributed by atoms with van der Waals surface area (Å²) in [5, 5.41) is 20.7. The standard InChI is InChI=1S/C13H14N2O3S/c1-2-12-11(8-16)14-13(19-12)7-9-3-5-10(6-4-9)15(17)18/h3-6,16H,2,7-8H2,1H3. The minimum atomic E-state index is -0.410. The number of rotatable bonds is 5. The summed E-state index contributed by atoms with van der Waals surface area (Å²) < 4.78 is 0. The van der Waals surface area contributed by atoms with E-state index in [4.69, 9.17) is 0 Å². The monoisotopic (exact) mass is 278 g/mol. The number of benzene rings is 1. The van der Waals surface area contributed by atoms with E-state index in [1.807, 2.05) is 6.92 Å². The second-order valence-electron chi connectivity index (χ2n) is 4.09. The number of nitro benzene ring substituents is 1. The van der Waals surface area contributed by atoms with Gasteiger partial charge in [-0.25, -0.2) is 4.98 Å². The molecule has 0 atom stereocenters. The topological polar surface area (TPSA) is 76.3 Å². The van der Waals surface area contributed by atoms with Crippen LogP contribution in [-0.2, 0) is 19.4 Å². The minimum absolute atomic E-state index is 0.0417. The molecule has 6 heteroatoms. The molecule has 0 aliphatic rings. The highest BCUT2D eigenvalue weighted by molar-refractivity contribution is 7.11. The molecule has 1 aromatic heterocycles. The number of thiazole rings is 1. The lowest BCUT2D eigenvalue weighted by molar-refractivity contribution is -0.384. The van der Waals surface area contributed by atoms with Crippen molar-refractivity contribution in [3.8, 4) is 0 Å². The van der Waals surface area contributed by atoms with E-state index in [0.717, 1.165) is 27.6 Å². The second-order valence-corrected chi connectivity index (χ2v) is 5.26. The molecule has 5 nitrogen and oxygen atoms in total. The maximum atomic E-state index is 10.6. The molecule has 0 bridgehead atoms. The van der Waals surface area contributed by atoms with Crippen molar-refractivity contribution in [2.75, 3.05) is 0 Å². The molecule has 2 aromatic rings. The van der Waals surface area contributed by atoms with Gasteiger partial charge in [-0.05, 0) is 12.0 Å². The molecule has 1 heterocycles. The molecule has 0 saturated heterocycles. The summed E-state index contributed by atoms with van der Waals surface area (Å²) in [4.78, 5) is 15.6. The molecule has 0 amide bonds. The van der Waals surface area contributed by atoms with E-state index < -0.39 is 4.92 Å². The molecule has 0 spiro atoms. The van der Waals surface area contributed by atoms with E-state index in [1.165, 1.54) is 12.1 Å². The third kappa shape index (κ3) is 3.15. The van der Waals surface area contributed by atoms with Crippen LogP contribution in [0.3, 0.4) is 0 Å². The fraction of sp³-hybridized carbons (Fsp3) is 0.308. The van der Waals surface area contributed by atoms with Crippen molar-refractivity contribution >= 4 is 17.0 Å². The average molecular weight is 278 g/mol. The zero-order chi connectivity index (χ0) is 13.8. The van der Waals surface area contributed by atoms with E-state index in [-0.39, 0.29) is 12.3 Å². The van der Waals surface area contributed by atoms with E-state index in [9.17, 15) is 15.2 Å². The Hall–Kier alpha value is -1.79. The molecular formula is C13H14N2O3S. The molecule has 2 rings (SSSR count). The van der Waals surface area contributed by atoms with Gasteiger partial charge in [-0.1, -0.05) is 19.1 Å². The maximum Gasteiger partial charge on any atom is 0.269 e. The quantitative estimate of drug-likeness (QED) is 0.674. The first-order valence-electron chi connectivity index (χ1n) is 5.95. The first kappa shape index (κ1) is 13.6. The minimum Gasteiger partial charge on any atom is -0.390 e. The maximum absolute atomic E-state index is 10.6. The third-order valence-electron chi connectivity index (χ3n) is 2.80. The van der Waals surface area contributed by atoms with Gasteiger partial charge in [0.15, 0.2) is 0 Å². The smallest absolute Gasteiger partial charge is 0.269 e. The zero-order valence-electron chi connectivity index (χ0n) is 10.5. The molecule has 0 saturated carbocycles. The van der Waals surface area contributed by atoms with E-state index in [2.05, 4.69) is 4.98 Å². The van der Waals surface area contributed by atoms with Crippen molar-refractivity contribution in [2.45, 2.75) is 26.4 Å². The number of nitrogens with zero attached hydrogens (tertiary/aromatic N) is 2. The summed E-state index contributed by atoms with van der Waals surface area (Å²) in [7, 11) is 0. The molecule has 0 radical (unpaired) electrons. The third-order valence-corrected chi connectivity index (χ3v) is 4.04. The summed E-state index contributed by atoms with van der Waals surface area (Å²) in [6.07, 6.45) is 1.49. The van der Waals surface area contributed by atoms with Crippen LogP contribution in [0.1, 0.15) is 28.1 Å². The van der Waals surface area contributed by atoms with Crippen LogP contribution in [0.25, 0.3) is 0 Å². The van der Waals surface area contributed by atoms with Gasteiger partial charge in [0.05, 0.1) is 22.2 Å². The van der Waals surface area contributed by atoms with Gasteiger partial charge in [-0.15, -0.1) is 11.3 Å². The van der Waals surface area contributed by atoms with Crippen LogP contribution in [0.2, 0.25) is 0 Å². The first-order valence-corrected chi connectivity index (χ1v) is 6.77. The normalized spacial score (nSPS) is 10.6. The fourth-order valence-electron chi connectivity index (χ4n) is 1.82. The van der Waals surface area contributed by atoms with E-state index >= 15 is 0 Å². The van der Waals surface area contributed by atoms with Crippen molar-refractivity contribution in [3.05, 3.63) is 55.5 Å². The fourth-order valence-corrected chi connectivity index (χ4v) is 2.87. The number of aliphatic hydroxyl groups is 1. The van der Waals surface area contributed by atoms with Gasteiger partial charge < -0.3 is 5.11 Å². The summed E-state index contributed by atoms with van der Waals surface area (Å²) in [5.41, 5.74) is 1.81. The highest BCUT2D eigenvalue weighted by Gasteiger charge is 2.10. The Bertz CT molecular complexity index is 557. The second kappa shape index (κ2) is 5.90. The van der Waals surface area contributed by atoms with E-state index in [1.54, 1.807) is 23.5 Å². The Kier molecular flexibility index (Phi) is 4.24. The van der Waals surface area contributed by atoms with Gasteiger partial charge in [0.2, 0.25) is 0 Å². The molecule has 1 aromatic carbocycles. The number of hydrogen-bond acceptors (Lipinski definition) is 5. The lowest BCUT2D eigenvalue weighted by atomic mass is 10.1. The van der Waals surface area contributed by atoms with Gasteiger partial charge in [0, 0.05) is 23.4 Å². The number of non-ortho nitro benzene ring substituents is 1. The zero-order valence-corrected chi connectivity index (χ0v) is 11.3. The van der Waals surface area contributed by atoms with Crippen molar-refractivity contribution in [1.82, 2.24) is 4.98 Å². The lowest BCUT2D eigenvalue weighted by Gasteiger charge is -1.97. The number of aryl methyl sites for hydroxylation is 1. The summed E-state index contributed by atoms with van der Waals surface area (Å²) in [5.74, 6) is 0. The number of aliphatic hydroxyl groups excluding tert-OH is 1. The predicted molar refractivity (Wildman–Crippen MR) is 73.3 cm³/mol. The molecule has 0 fully saturated rings. The Morgan fingerprint density at radius 1 is 1.37 bits per heavy atom. The summed E-state index contributed by atoms with van der Waals surface area (Å²) in [6, 6.07) is 6.47. The van der Waals surface area contributed by atoms with Crippen LogP contribution in [0.15, 0.2) is 24.3 Å². The average Bonchev–Trinajstić information content (AvgIpc) is 2.81. The van der Waals surface area contributed by atoms with E-state index in [0.29, 0.717) is 6.42 Å². The van der Waals surface area contributed by atoms with Gasteiger partial charge in [0.1, 0.15) is 0 Å². The van der Waals surface area contributed by atoms with Gasteiger partial charge >= 0.3 is 0 Å². The Balaban J connectivity index is 2.16.